The Morgan fingerprint density at radius 2 is 0.853 bits per heavy atom. The fourth-order valence-corrected chi connectivity index (χ4v) is 4.28. The van der Waals surface area contributed by atoms with E-state index in [1.807, 2.05) is 91.0 Å². The van der Waals surface area contributed by atoms with Gasteiger partial charge in [-0.15, -0.1) is 0 Å². The van der Waals surface area contributed by atoms with Gasteiger partial charge in [-0.1, -0.05) is 60.7 Å². The van der Waals surface area contributed by atoms with E-state index in [1.54, 1.807) is 0 Å². The van der Waals surface area contributed by atoms with Crippen LogP contribution in [0.3, 0.4) is 0 Å². The first-order valence-electron chi connectivity index (χ1n) is 11.2. The van der Waals surface area contributed by atoms with E-state index in [1.165, 1.54) is 0 Å². The molecule has 5 rings (SSSR count). The molecule has 0 aliphatic rings. The second-order valence-electron chi connectivity index (χ2n) is 8.17. The van der Waals surface area contributed by atoms with Gasteiger partial charge in [-0.25, -0.2) is 0 Å². The molecule has 5 aromatic carbocycles. The molecule has 0 aromatic heterocycles. The van der Waals surface area contributed by atoms with Crippen molar-refractivity contribution in [3.63, 3.8) is 0 Å². The van der Waals surface area contributed by atoms with Crippen LogP contribution < -0.4 is 22.1 Å². The van der Waals surface area contributed by atoms with E-state index in [0.717, 1.165) is 39.3 Å². The number of rotatable bonds is 5. The minimum absolute atomic E-state index is 0.696. The topological polar surface area (TPSA) is 81.3 Å². The van der Waals surface area contributed by atoms with Crippen LogP contribution >= 0.6 is 0 Å². The molecule has 0 heterocycles. The molecule has 5 aromatic rings. The smallest absolute Gasteiger partial charge is 0.0547 e. The zero-order valence-corrected chi connectivity index (χ0v) is 18.7. The summed E-state index contributed by atoms with van der Waals surface area (Å²) in [5.74, 6) is 0. The highest BCUT2D eigenvalue weighted by atomic mass is 15.1. The number of para-hydroxylation sites is 2. The molecule has 0 fully saturated rings. The molecule has 0 aliphatic heterocycles. The number of anilines is 6. The molecule has 0 bridgehead atoms. The van der Waals surface area contributed by atoms with Crippen molar-refractivity contribution in [1.82, 2.24) is 0 Å². The third-order valence-electron chi connectivity index (χ3n) is 5.88. The van der Waals surface area contributed by atoms with Crippen LogP contribution in [0.15, 0.2) is 121 Å². The first kappa shape index (κ1) is 21.2. The van der Waals surface area contributed by atoms with Gasteiger partial charge >= 0.3 is 0 Å². The Labute approximate surface area is 199 Å². The first-order chi connectivity index (χ1) is 16.6. The van der Waals surface area contributed by atoms with Crippen LogP contribution in [0.1, 0.15) is 0 Å². The summed E-state index contributed by atoms with van der Waals surface area (Å²) in [4.78, 5) is 2.26. The summed E-state index contributed by atoms with van der Waals surface area (Å²) in [7, 11) is 0. The quantitative estimate of drug-likeness (QED) is 0.251. The lowest BCUT2D eigenvalue weighted by Crippen LogP contribution is -2.12. The molecule has 6 N–H and O–H groups in total. The molecule has 4 nitrogen and oxygen atoms in total. The molecule has 0 unspecified atom stereocenters. The zero-order valence-electron chi connectivity index (χ0n) is 18.7. The van der Waals surface area contributed by atoms with Crippen molar-refractivity contribution in [3.8, 4) is 22.3 Å². The van der Waals surface area contributed by atoms with E-state index >= 15 is 0 Å². The molecule has 34 heavy (non-hydrogen) atoms. The van der Waals surface area contributed by atoms with Crippen molar-refractivity contribution >= 4 is 34.1 Å². The van der Waals surface area contributed by atoms with E-state index in [-0.39, 0.29) is 0 Å². The van der Waals surface area contributed by atoms with E-state index in [2.05, 4.69) is 35.2 Å². The van der Waals surface area contributed by atoms with Gasteiger partial charge in [0.1, 0.15) is 0 Å². The third-order valence-corrected chi connectivity index (χ3v) is 5.88. The van der Waals surface area contributed by atoms with Crippen LogP contribution in [0.2, 0.25) is 0 Å². The van der Waals surface area contributed by atoms with Crippen LogP contribution in [0, 0.1) is 0 Å². The number of nitrogens with two attached hydrogens (primary N) is 3. The zero-order chi connectivity index (χ0) is 23.5. The van der Waals surface area contributed by atoms with Gasteiger partial charge in [0, 0.05) is 39.6 Å². The van der Waals surface area contributed by atoms with Crippen LogP contribution in [0.4, 0.5) is 34.1 Å². The second-order valence-corrected chi connectivity index (χ2v) is 8.17. The Morgan fingerprint density at radius 1 is 0.412 bits per heavy atom. The van der Waals surface area contributed by atoms with Crippen molar-refractivity contribution in [1.29, 1.82) is 0 Å². The summed E-state index contributed by atoms with van der Waals surface area (Å²) in [6.07, 6.45) is 0. The number of hydrogen-bond donors (Lipinski definition) is 3. The molecule has 166 valence electrons. The first-order valence-corrected chi connectivity index (χ1v) is 11.2. The Bertz CT molecular complexity index is 1360. The molecule has 0 saturated heterocycles. The second kappa shape index (κ2) is 9.04. The number of nitrogen functional groups attached to an aromatic ring is 3. The van der Waals surface area contributed by atoms with Gasteiger partial charge in [0.2, 0.25) is 0 Å². The van der Waals surface area contributed by atoms with Gasteiger partial charge in [-0.05, 0) is 71.8 Å². The molecular formula is C30H26N4. The minimum atomic E-state index is 0.696. The maximum atomic E-state index is 6.63. The molecule has 0 amide bonds. The van der Waals surface area contributed by atoms with Crippen LogP contribution in [-0.4, -0.2) is 0 Å². The number of nitrogens with zero attached hydrogens (tertiary/aromatic N) is 1. The van der Waals surface area contributed by atoms with Crippen LogP contribution in [0.25, 0.3) is 22.3 Å². The molecule has 0 radical (unpaired) electrons. The molecular weight excluding hydrogens is 416 g/mol. The van der Waals surface area contributed by atoms with Gasteiger partial charge in [0.15, 0.2) is 0 Å². The van der Waals surface area contributed by atoms with Crippen LogP contribution in [-0.2, 0) is 0 Å². The minimum Gasteiger partial charge on any atom is -0.399 e. The van der Waals surface area contributed by atoms with Crippen LogP contribution in [0.5, 0.6) is 0 Å². The Morgan fingerprint density at radius 3 is 1.32 bits per heavy atom. The predicted molar refractivity (Wildman–Crippen MR) is 145 cm³/mol. The maximum absolute atomic E-state index is 6.63. The van der Waals surface area contributed by atoms with Crippen molar-refractivity contribution in [2.75, 3.05) is 22.1 Å². The third kappa shape index (κ3) is 4.05. The van der Waals surface area contributed by atoms with E-state index < -0.39 is 0 Å². The largest absolute Gasteiger partial charge is 0.399 e. The fraction of sp³-hybridized carbons (Fsp3) is 0. The normalized spacial score (nSPS) is 10.7. The average molecular weight is 443 g/mol. The van der Waals surface area contributed by atoms with Gasteiger partial charge in [-0.2, -0.15) is 0 Å². The van der Waals surface area contributed by atoms with Gasteiger partial charge in [0.25, 0.3) is 0 Å². The lowest BCUT2D eigenvalue weighted by atomic mass is 9.90. The lowest BCUT2D eigenvalue weighted by molar-refractivity contribution is 1.28. The average Bonchev–Trinajstić information content (AvgIpc) is 2.87. The fourth-order valence-electron chi connectivity index (χ4n) is 4.28. The summed E-state index contributed by atoms with van der Waals surface area (Å²) < 4.78 is 0. The molecule has 0 atom stereocenters. The van der Waals surface area contributed by atoms with E-state index in [9.17, 15) is 0 Å². The summed E-state index contributed by atoms with van der Waals surface area (Å²) in [6.45, 7) is 0. The highest BCUT2D eigenvalue weighted by Crippen LogP contribution is 2.47. The SMILES string of the molecule is Nc1ccc(-c2c(N)ccc(N(c3ccccc3)c3ccccc3)c2-c2ccc(N)cc2)cc1. The van der Waals surface area contributed by atoms with E-state index in [4.69, 9.17) is 17.2 Å². The highest BCUT2D eigenvalue weighted by molar-refractivity contribution is 6.01. The Kier molecular flexibility index (Phi) is 5.63. The van der Waals surface area contributed by atoms with Crippen molar-refractivity contribution in [2.45, 2.75) is 0 Å². The number of benzene rings is 5. The van der Waals surface area contributed by atoms with Crippen molar-refractivity contribution in [3.05, 3.63) is 121 Å². The lowest BCUT2D eigenvalue weighted by Gasteiger charge is -2.29. The summed E-state index contributed by atoms with van der Waals surface area (Å²) in [5, 5.41) is 0. The van der Waals surface area contributed by atoms with Crippen molar-refractivity contribution in [2.24, 2.45) is 0 Å². The highest BCUT2D eigenvalue weighted by Gasteiger charge is 2.22. The van der Waals surface area contributed by atoms with E-state index in [0.29, 0.717) is 17.1 Å². The Hall–Kier alpha value is -4.70. The summed E-state index contributed by atoms with van der Waals surface area (Å²) in [5.41, 5.74) is 27.9. The maximum Gasteiger partial charge on any atom is 0.0547 e. The molecule has 0 spiro atoms. The van der Waals surface area contributed by atoms with Crippen molar-refractivity contribution < 1.29 is 0 Å². The molecule has 4 heteroatoms. The standard InChI is InChI=1S/C30H26N4/c31-23-15-11-21(12-16-23)29-27(33)19-20-28(30(29)22-13-17-24(32)18-14-22)34(25-7-3-1-4-8-25)26-9-5-2-6-10-26/h1-20H,31-33H2. The number of hydrogen-bond acceptors (Lipinski definition) is 4. The molecule has 0 saturated carbocycles. The summed E-state index contributed by atoms with van der Waals surface area (Å²) in [6, 6.07) is 40.5. The van der Waals surface area contributed by atoms with Gasteiger partial charge < -0.3 is 22.1 Å². The predicted octanol–water partition coefficient (Wildman–Crippen LogP) is 7.24. The molecule has 0 aliphatic carbocycles. The van der Waals surface area contributed by atoms with Gasteiger partial charge in [0.05, 0.1) is 5.69 Å². The summed E-state index contributed by atoms with van der Waals surface area (Å²) >= 11 is 0. The van der Waals surface area contributed by atoms with Gasteiger partial charge in [-0.3, -0.25) is 0 Å². The monoisotopic (exact) mass is 442 g/mol. The Balaban J connectivity index is 1.85.